The van der Waals surface area contributed by atoms with E-state index in [0.29, 0.717) is 22.5 Å². The fraction of sp³-hybridized carbons (Fsp3) is 0.0750. The van der Waals surface area contributed by atoms with Gasteiger partial charge < -0.3 is 9.13 Å². The van der Waals surface area contributed by atoms with E-state index in [1.54, 1.807) is 18.2 Å². The van der Waals surface area contributed by atoms with Gasteiger partial charge in [-0.15, -0.1) is 0 Å². The lowest BCUT2D eigenvalue weighted by Gasteiger charge is -2.20. The average Bonchev–Trinajstić information content (AvgIpc) is 3.55. The molecule has 0 N–H and O–H groups in total. The molecule has 0 aliphatic rings. The lowest BCUT2D eigenvalue weighted by Crippen LogP contribution is -2.09. The molecule has 2 heterocycles. The molecule has 0 atom stereocenters. The molecular weight excluding hydrogens is 579 g/mol. The third-order valence-electron chi connectivity index (χ3n) is 8.89. The van der Waals surface area contributed by atoms with Gasteiger partial charge in [0.2, 0.25) is 0 Å². The smallest absolute Gasteiger partial charge is 0.308 e. The first-order valence-corrected chi connectivity index (χ1v) is 15.0. The van der Waals surface area contributed by atoms with Crippen LogP contribution in [-0.4, -0.2) is 9.13 Å². The predicted octanol–water partition coefficient (Wildman–Crippen LogP) is 11.1. The van der Waals surface area contributed by atoms with Gasteiger partial charge in [0.05, 0.1) is 39.0 Å². The molecule has 0 spiro atoms. The topological polar surface area (TPSA) is 33.6 Å². The van der Waals surface area contributed by atoms with Gasteiger partial charge in [-0.05, 0) is 79.6 Å². The third-order valence-corrected chi connectivity index (χ3v) is 8.89. The Hall–Kier alpha value is -5.80. The van der Waals surface area contributed by atoms with Crippen molar-refractivity contribution >= 4 is 43.6 Å². The van der Waals surface area contributed by atoms with Crippen molar-refractivity contribution in [2.75, 3.05) is 0 Å². The largest absolute Gasteiger partial charge is 0.417 e. The molecule has 0 aliphatic carbocycles. The van der Waals surface area contributed by atoms with Crippen LogP contribution in [0, 0.1) is 25.2 Å². The van der Waals surface area contributed by atoms with Gasteiger partial charge >= 0.3 is 6.18 Å². The molecule has 8 rings (SSSR count). The van der Waals surface area contributed by atoms with Crippen molar-refractivity contribution in [3.05, 3.63) is 144 Å². The Bertz CT molecular complexity index is 2420. The van der Waals surface area contributed by atoms with E-state index in [0.717, 1.165) is 60.8 Å². The minimum Gasteiger partial charge on any atom is -0.308 e. The Balaban J connectivity index is 1.58. The van der Waals surface area contributed by atoms with Crippen LogP contribution in [0.1, 0.15) is 22.3 Å². The summed E-state index contributed by atoms with van der Waals surface area (Å²) in [5.41, 5.74) is 6.72. The second kappa shape index (κ2) is 10.1. The first-order chi connectivity index (χ1) is 22.2. The summed E-state index contributed by atoms with van der Waals surface area (Å²) in [6.07, 6.45) is -4.57. The van der Waals surface area contributed by atoms with Crippen molar-refractivity contribution in [3.63, 3.8) is 0 Å². The third kappa shape index (κ3) is 4.13. The first kappa shape index (κ1) is 27.7. The van der Waals surface area contributed by atoms with Gasteiger partial charge in [0.25, 0.3) is 0 Å². The standard InChI is InChI=1S/C40H26F3N3/c1-24-15-17-36-30(19-24)28-10-4-7-13-34(28)45(36)38-21-26(27-9-3-6-12-33(27)40(41,42)43)22-39(32(38)23-44)46-35-14-8-5-11-29(35)31-20-25(2)16-18-37(31)46/h3-22H,1-2H3. The van der Waals surface area contributed by atoms with E-state index in [-0.39, 0.29) is 5.56 Å². The SMILES string of the molecule is Cc1ccc2c(c1)c1ccccc1n2-c1cc(-c2ccccc2C(F)(F)F)cc(-n2c3ccccc3c3cc(C)ccc32)c1C#N. The minimum absolute atomic E-state index is 0.0511. The zero-order valence-electron chi connectivity index (χ0n) is 25.0. The fourth-order valence-electron chi connectivity index (χ4n) is 6.91. The second-order valence-electron chi connectivity index (χ2n) is 11.8. The van der Waals surface area contributed by atoms with Crippen LogP contribution in [0.2, 0.25) is 0 Å². The highest BCUT2D eigenvalue weighted by Crippen LogP contribution is 2.43. The highest BCUT2D eigenvalue weighted by Gasteiger charge is 2.34. The summed E-state index contributed by atoms with van der Waals surface area (Å²) in [6, 6.07) is 39.8. The molecule has 0 bridgehead atoms. The van der Waals surface area contributed by atoms with Crippen LogP contribution >= 0.6 is 0 Å². The maximum Gasteiger partial charge on any atom is 0.417 e. The Morgan fingerprint density at radius 2 is 1.00 bits per heavy atom. The summed E-state index contributed by atoms with van der Waals surface area (Å²) in [5, 5.41) is 15.0. The Morgan fingerprint density at radius 1 is 0.543 bits per heavy atom. The predicted molar refractivity (Wildman–Crippen MR) is 180 cm³/mol. The van der Waals surface area contributed by atoms with Crippen molar-refractivity contribution in [2.24, 2.45) is 0 Å². The fourth-order valence-corrected chi connectivity index (χ4v) is 6.91. The quantitative estimate of drug-likeness (QED) is 0.197. The van der Waals surface area contributed by atoms with Crippen LogP contribution in [0.5, 0.6) is 0 Å². The summed E-state index contributed by atoms with van der Waals surface area (Å²) in [7, 11) is 0. The number of aryl methyl sites for hydroxylation is 2. The number of hydrogen-bond donors (Lipinski definition) is 0. The molecule has 0 radical (unpaired) electrons. The van der Waals surface area contributed by atoms with Crippen molar-refractivity contribution < 1.29 is 13.2 Å². The molecule has 0 aliphatic heterocycles. The zero-order chi connectivity index (χ0) is 31.7. The molecule has 0 unspecified atom stereocenters. The number of nitrogens with zero attached hydrogens (tertiary/aromatic N) is 3. The van der Waals surface area contributed by atoms with Crippen LogP contribution in [-0.2, 0) is 6.18 Å². The molecule has 0 saturated heterocycles. The number of halogens is 3. The number of para-hydroxylation sites is 2. The first-order valence-electron chi connectivity index (χ1n) is 15.0. The number of alkyl halides is 3. The van der Waals surface area contributed by atoms with Gasteiger partial charge in [0.1, 0.15) is 11.6 Å². The molecule has 222 valence electrons. The molecular formula is C40H26F3N3. The van der Waals surface area contributed by atoms with E-state index >= 15 is 0 Å². The van der Waals surface area contributed by atoms with Gasteiger partial charge in [-0.1, -0.05) is 77.9 Å². The van der Waals surface area contributed by atoms with Crippen molar-refractivity contribution in [3.8, 4) is 28.6 Å². The van der Waals surface area contributed by atoms with Gasteiger partial charge in [0, 0.05) is 21.5 Å². The molecule has 0 amide bonds. The summed E-state index contributed by atoms with van der Waals surface area (Å²) >= 11 is 0. The molecule has 8 aromatic rings. The Kier molecular flexibility index (Phi) is 6.10. The zero-order valence-corrected chi connectivity index (χ0v) is 25.0. The van der Waals surface area contributed by atoms with Gasteiger partial charge in [-0.3, -0.25) is 0 Å². The molecule has 0 fully saturated rings. The summed E-state index contributed by atoms with van der Waals surface area (Å²) in [4.78, 5) is 0. The summed E-state index contributed by atoms with van der Waals surface area (Å²) in [5.74, 6) is 0. The maximum atomic E-state index is 14.5. The Labute approximate surface area is 263 Å². The molecule has 6 aromatic carbocycles. The molecule has 2 aromatic heterocycles. The number of aromatic nitrogens is 2. The van der Waals surface area contributed by atoms with E-state index in [1.165, 1.54) is 12.1 Å². The van der Waals surface area contributed by atoms with Crippen LogP contribution < -0.4 is 0 Å². The van der Waals surface area contributed by atoms with Gasteiger partial charge in [-0.25, -0.2) is 0 Å². The van der Waals surface area contributed by atoms with Crippen LogP contribution in [0.15, 0.2) is 121 Å². The monoisotopic (exact) mass is 605 g/mol. The molecule has 46 heavy (non-hydrogen) atoms. The minimum atomic E-state index is -4.57. The van der Waals surface area contributed by atoms with Crippen molar-refractivity contribution in [1.82, 2.24) is 9.13 Å². The molecule has 6 heteroatoms. The lowest BCUT2D eigenvalue weighted by atomic mass is 9.96. The number of nitriles is 1. The normalized spacial score (nSPS) is 12.0. The van der Waals surface area contributed by atoms with E-state index < -0.39 is 11.7 Å². The highest BCUT2D eigenvalue weighted by atomic mass is 19.4. The maximum absolute atomic E-state index is 14.5. The van der Waals surface area contributed by atoms with Crippen molar-refractivity contribution in [2.45, 2.75) is 20.0 Å². The van der Waals surface area contributed by atoms with E-state index in [1.807, 2.05) is 95.8 Å². The number of fused-ring (bicyclic) bond motifs is 6. The highest BCUT2D eigenvalue weighted by molar-refractivity contribution is 6.11. The number of rotatable bonds is 3. The summed E-state index contributed by atoms with van der Waals surface area (Å²) in [6.45, 7) is 4.06. The van der Waals surface area contributed by atoms with Gasteiger partial charge in [0.15, 0.2) is 0 Å². The van der Waals surface area contributed by atoms with E-state index in [4.69, 9.17) is 0 Å². The Morgan fingerprint density at radius 3 is 1.50 bits per heavy atom. The van der Waals surface area contributed by atoms with E-state index in [2.05, 4.69) is 18.2 Å². The molecule has 3 nitrogen and oxygen atoms in total. The lowest BCUT2D eigenvalue weighted by molar-refractivity contribution is -0.137. The summed E-state index contributed by atoms with van der Waals surface area (Å²) < 4.78 is 47.5. The number of benzene rings is 6. The molecule has 0 saturated carbocycles. The van der Waals surface area contributed by atoms with E-state index in [9.17, 15) is 18.4 Å². The number of hydrogen-bond acceptors (Lipinski definition) is 1. The van der Waals surface area contributed by atoms with Crippen LogP contribution in [0.25, 0.3) is 66.1 Å². The van der Waals surface area contributed by atoms with Crippen LogP contribution in [0.3, 0.4) is 0 Å². The average molecular weight is 606 g/mol. The van der Waals surface area contributed by atoms with Crippen LogP contribution in [0.4, 0.5) is 13.2 Å². The van der Waals surface area contributed by atoms with Gasteiger partial charge in [-0.2, -0.15) is 18.4 Å². The second-order valence-corrected chi connectivity index (χ2v) is 11.8. The van der Waals surface area contributed by atoms with Crippen molar-refractivity contribution in [1.29, 1.82) is 5.26 Å².